The molecule has 2 heterocycles. The summed E-state index contributed by atoms with van der Waals surface area (Å²) in [6, 6.07) is 7.81. The fourth-order valence-corrected chi connectivity index (χ4v) is 2.81. The second kappa shape index (κ2) is 7.43. The minimum absolute atomic E-state index is 0.0330. The molecular formula is C17H19FN4O3. The largest absolute Gasteiger partial charge is 0.476 e. The van der Waals surface area contributed by atoms with Gasteiger partial charge in [0.2, 0.25) is 5.91 Å². The maximum Gasteiger partial charge on any atom is 0.356 e. The Kier molecular flexibility index (Phi) is 5.08. The maximum atomic E-state index is 12.9. The molecule has 0 radical (unpaired) electrons. The van der Waals surface area contributed by atoms with Crippen molar-refractivity contribution in [3.63, 3.8) is 0 Å². The van der Waals surface area contributed by atoms with Crippen molar-refractivity contribution in [1.29, 1.82) is 0 Å². The van der Waals surface area contributed by atoms with E-state index in [4.69, 9.17) is 5.11 Å². The highest BCUT2D eigenvalue weighted by molar-refractivity contribution is 5.85. The first-order valence-electron chi connectivity index (χ1n) is 8.02. The minimum Gasteiger partial charge on any atom is -0.476 e. The lowest BCUT2D eigenvalue weighted by molar-refractivity contribution is -0.133. The standard InChI is InChI=1S/C17H19FN4O3/c18-14-3-1-13(2-4-14)11-20-7-9-21(10-8-20)16(23)12-22-6-5-15(19-22)17(24)25/h1-6H,7-12H2,(H,24,25). The van der Waals surface area contributed by atoms with E-state index in [2.05, 4.69) is 10.00 Å². The Morgan fingerprint density at radius 2 is 1.76 bits per heavy atom. The predicted molar refractivity (Wildman–Crippen MR) is 87.4 cm³/mol. The summed E-state index contributed by atoms with van der Waals surface area (Å²) in [5.74, 6) is -1.44. The molecule has 1 aromatic heterocycles. The van der Waals surface area contributed by atoms with E-state index >= 15 is 0 Å². The van der Waals surface area contributed by atoms with Crippen LogP contribution in [0.15, 0.2) is 36.5 Å². The van der Waals surface area contributed by atoms with E-state index in [1.165, 1.54) is 29.1 Å². The van der Waals surface area contributed by atoms with Crippen molar-refractivity contribution in [2.24, 2.45) is 0 Å². The number of carboxylic acids is 1. The Morgan fingerprint density at radius 3 is 2.36 bits per heavy atom. The van der Waals surface area contributed by atoms with Crippen LogP contribution in [0.1, 0.15) is 16.1 Å². The first kappa shape index (κ1) is 17.1. The summed E-state index contributed by atoms with van der Waals surface area (Å²) in [6.45, 7) is 3.44. The van der Waals surface area contributed by atoms with Gasteiger partial charge in [-0.1, -0.05) is 12.1 Å². The van der Waals surface area contributed by atoms with Crippen LogP contribution in [-0.2, 0) is 17.9 Å². The molecule has 1 aliphatic heterocycles. The lowest BCUT2D eigenvalue weighted by Gasteiger charge is -2.34. The fraction of sp³-hybridized carbons (Fsp3) is 0.353. The number of hydrogen-bond acceptors (Lipinski definition) is 4. The highest BCUT2D eigenvalue weighted by atomic mass is 19.1. The van der Waals surface area contributed by atoms with Crippen LogP contribution in [0.25, 0.3) is 0 Å². The molecule has 1 aromatic carbocycles. The minimum atomic E-state index is -1.11. The number of aromatic nitrogens is 2. The van der Waals surface area contributed by atoms with Crippen molar-refractivity contribution >= 4 is 11.9 Å². The lowest BCUT2D eigenvalue weighted by atomic mass is 10.2. The summed E-state index contributed by atoms with van der Waals surface area (Å²) in [7, 11) is 0. The quantitative estimate of drug-likeness (QED) is 0.876. The molecule has 1 fully saturated rings. The van der Waals surface area contributed by atoms with Gasteiger partial charge in [-0.05, 0) is 23.8 Å². The Hall–Kier alpha value is -2.74. The van der Waals surface area contributed by atoms with E-state index in [-0.39, 0.29) is 24.0 Å². The van der Waals surface area contributed by atoms with Gasteiger partial charge in [-0.3, -0.25) is 14.4 Å². The Labute approximate surface area is 144 Å². The maximum absolute atomic E-state index is 12.9. The first-order chi connectivity index (χ1) is 12.0. The second-order valence-corrected chi connectivity index (χ2v) is 5.99. The molecule has 2 aromatic rings. The highest BCUT2D eigenvalue weighted by Crippen LogP contribution is 2.10. The molecule has 0 saturated carbocycles. The monoisotopic (exact) mass is 346 g/mol. The molecule has 8 heteroatoms. The average molecular weight is 346 g/mol. The van der Waals surface area contributed by atoms with Crippen molar-refractivity contribution in [1.82, 2.24) is 19.6 Å². The van der Waals surface area contributed by atoms with E-state index in [1.807, 2.05) is 0 Å². The number of nitrogens with zero attached hydrogens (tertiary/aromatic N) is 4. The van der Waals surface area contributed by atoms with Crippen LogP contribution in [0.5, 0.6) is 0 Å². The van der Waals surface area contributed by atoms with Gasteiger partial charge in [-0.2, -0.15) is 5.10 Å². The van der Waals surface area contributed by atoms with Gasteiger partial charge in [0.1, 0.15) is 12.4 Å². The van der Waals surface area contributed by atoms with Crippen molar-refractivity contribution in [2.75, 3.05) is 26.2 Å². The van der Waals surface area contributed by atoms with E-state index in [1.54, 1.807) is 17.0 Å². The number of aromatic carboxylic acids is 1. The molecule has 132 valence electrons. The van der Waals surface area contributed by atoms with Crippen molar-refractivity contribution in [2.45, 2.75) is 13.1 Å². The third kappa shape index (κ3) is 4.42. The van der Waals surface area contributed by atoms with Crippen LogP contribution >= 0.6 is 0 Å². The molecule has 0 bridgehead atoms. The van der Waals surface area contributed by atoms with E-state index in [9.17, 15) is 14.0 Å². The molecule has 3 rings (SSSR count). The molecule has 0 atom stereocenters. The normalized spacial score (nSPS) is 15.3. The van der Waals surface area contributed by atoms with Crippen molar-refractivity contribution in [3.8, 4) is 0 Å². The number of carbonyl (C=O) groups excluding carboxylic acids is 1. The number of carbonyl (C=O) groups is 2. The number of halogens is 1. The Balaban J connectivity index is 1.48. The summed E-state index contributed by atoms with van der Waals surface area (Å²) in [5, 5.41) is 12.7. The SMILES string of the molecule is O=C(O)c1ccn(CC(=O)N2CCN(Cc3ccc(F)cc3)CC2)n1. The molecule has 0 aliphatic carbocycles. The van der Waals surface area contributed by atoms with E-state index in [0.29, 0.717) is 13.1 Å². The summed E-state index contributed by atoms with van der Waals surface area (Å²) < 4.78 is 14.3. The van der Waals surface area contributed by atoms with E-state index in [0.717, 1.165) is 25.2 Å². The molecule has 1 aliphatic rings. The van der Waals surface area contributed by atoms with Crippen LogP contribution in [0, 0.1) is 5.82 Å². The third-order valence-electron chi connectivity index (χ3n) is 4.20. The molecule has 1 amide bonds. The number of rotatable bonds is 5. The van der Waals surface area contributed by atoms with Gasteiger partial charge in [-0.15, -0.1) is 0 Å². The van der Waals surface area contributed by atoms with Crippen molar-refractivity contribution in [3.05, 3.63) is 53.6 Å². The predicted octanol–water partition coefficient (Wildman–Crippen LogP) is 1.06. The molecule has 0 spiro atoms. The molecule has 25 heavy (non-hydrogen) atoms. The molecule has 1 N–H and O–H groups in total. The van der Waals surface area contributed by atoms with Gasteiger partial charge in [0.05, 0.1) is 0 Å². The zero-order valence-electron chi connectivity index (χ0n) is 13.6. The second-order valence-electron chi connectivity index (χ2n) is 5.99. The first-order valence-corrected chi connectivity index (χ1v) is 8.02. The van der Waals surface area contributed by atoms with Crippen LogP contribution < -0.4 is 0 Å². The lowest BCUT2D eigenvalue weighted by Crippen LogP contribution is -2.49. The zero-order chi connectivity index (χ0) is 17.8. The van der Waals surface area contributed by atoms with Gasteiger partial charge in [-0.25, -0.2) is 9.18 Å². The Morgan fingerprint density at radius 1 is 1.08 bits per heavy atom. The Bertz CT molecular complexity index is 752. The average Bonchev–Trinajstić information content (AvgIpc) is 3.06. The number of amides is 1. The van der Waals surface area contributed by atoms with Crippen LogP contribution in [0.2, 0.25) is 0 Å². The summed E-state index contributed by atoms with van der Waals surface area (Å²) in [4.78, 5) is 27.1. The zero-order valence-corrected chi connectivity index (χ0v) is 13.6. The van der Waals surface area contributed by atoms with Crippen molar-refractivity contribution < 1.29 is 19.1 Å². The fourth-order valence-electron chi connectivity index (χ4n) is 2.81. The van der Waals surface area contributed by atoms with Gasteiger partial charge in [0.15, 0.2) is 5.69 Å². The van der Waals surface area contributed by atoms with Crippen LogP contribution in [0.3, 0.4) is 0 Å². The van der Waals surface area contributed by atoms with Gasteiger partial charge >= 0.3 is 5.97 Å². The van der Waals surface area contributed by atoms with Gasteiger partial charge in [0.25, 0.3) is 0 Å². The highest BCUT2D eigenvalue weighted by Gasteiger charge is 2.21. The summed E-state index contributed by atoms with van der Waals surface area (Å²) >= 11 is 0. The number of carboxylic acid groups (broad SMARTS) is 1. The number of benzene rings is 1. The summed E-state index contributed by atoms with van der Waals surface area (Å²) in [5.41, 5.74) is 0.968. The van der Waals surface area contributed by atoms with Gasteiger partial charge in [0, 0.05) is 38.9 Å². The molecule has 0 unspecified atom stereocenters. The molecular weight excluding hydrogens is 327 g/mol. The summed E-state index contributed by atoms with van der Waals surface area (Å²) in [6.07, 6.45) is 1.49. The van der Waals surface area contributed by atoms with Gasteiger partial charge < -0.3 is 10.0 Å². The van der Waals surface area contributed by atoms with E-state index < -0.39 is 5.97 Å². The number of hydrogen-bond donors (Lipinski definition) is 1. The smallest absolute Gasteiger partial charge is 0.356 e. The molecule has 1 saturated heterocycles. The van der Waals surface area contributed by atoms with Crippen LogP contribution in [-0.4, -0.2) is 62.7 Å². The molecule has 7 nitrogen and oxygen atoms in total. The van der Waals surface area contributed by atoms with Crippen LogP contribution in [0.4, 0.5) is 4.39 Å². The topological polar surface area (TPSA) is 78.7 Å². The number of piperazine rings is 1. The third-order valence-corrected chi connectivity index (χ3v) is 4.20.